The summed E-state index contributed by atoms with van der Waals surface area (Å²) in [6.07, 6.45) is 6.28. The predicted molar refractivity (Wildman–Crippen MR) is 82.4 cm³/mol. The molecule has 0 atom stereocenters. The van der Waals surface area contributed by atoms with Crippen LogP contribution in [0.15, 0.2) is 16.7 Å². The maximum Gasteiger partial charge on any atom is 0.160 e. The Morgan fingerprint density at radius 2 is 2.28 bits per heavy atom. The van der Waals surface area contributed by atoms with E-state index in [2.05, 4.69) is 36.7 Å². The average molecular weight is 349 g/mol. The lowest BCUT2D eigenvalue weighted by molar-refractivity contribution is 0.627. The molecule has 0 N–H and O–H groups in total. The molecule has 0 aliphatic rings. The molecule has 0 saturated carbocycles. The Kier molecular flexibility index (Phi) is 5.33. The van der Waals surface area contributed by atoms with Gasteiger partial charge in [-0.25, -0.2) is 9.97 Å². The summed E-state index contributed by atoms with van der Waals surface area (Å²) in [7, 11) is 0. The molecule has 0 spiro atoms. The van der Waals surface area contributed by atoms with Crippen LogP contribution in [0.4, 0.5) is 0 Å². The van der Waals surface area contributed by atoms with E-state index < -0.39 is 0 Å². The minimum atomic E-state index is 0.427. The molecular formula is C12H15BrClN3S. The van der Waals surface area contributed by atoms with Crippen LogP contribution in [0.25, 0.3) is 11.2 Å². The van der Waals surface area contributed by atoms with Crippen LogP contribution in [0.3, 0.4) is 0 Å². The summed E-state index contributed by atoms with van der Waals surface area (Å²) in [5.41, 5.74) is 1.84. The predicted octanol–water partition coefficient (Wildman–Crippen LogP) is 4.08. The summed E-state index contributed by atoms with van der Waals surface area (Å²) in [5, 5.41) is 0. The summed E-state index contributed by atoms with van der Waals surface area (Å²) in [5.74, 6) is 2.53. The summed E-state index contributed by atoms with van der Waals surface area (Å²) >= 11 is 11.3. The van der Waals surface area contributed by atoms with Gasteiger partial charge in [0.2, 0.25) is 0 Å². The smallest absolute Gasteiger partial charge is 0.160 e. The first-order valence-electron chi connectivity index (χ1n) is 5.82. The monoisotopic (exact) mass is 347 g/mol. The summed E-state index contributed by atoms with van der Waals surface area (Å²) < 4.78 is 3.08. The van der Waals surface area contributed by atoms with Crippen LogP contribution < -0.4 is 0 Å². The van der Waals surface area contributed by atoms with Crippen molar-refractivity contribution in [1.82, 2.24) is 14.5 Å². The van der Waals surface area contributed by atoms with Gasteiger partial charge in [-0.15, -0.1) is 11.6 Å². The van der Waals surface area contributed by atoms with Gasteiger partial charge in [0.1, 0.15) is 11.3 Å². The zero-order valence-corrected chi connectivity index (χ0v) is 13.4. The topological polar surface area (TPSA) is 30.7 Å². The van der Waals surface area contributed by atoms with Gasteiger partial charge in [0, 0.05) is 17.2 Å². The minimum absolute atomic E-state index is 0.427. The molecule has 0 aromatic carbocycles. The van der Waals surface area contributed by atoms with Gasteiger partial charge in [0.25, 0.3) is 0 Å². The van der Waals surface area contributed by atoms with Crippen LogP contribution in [0, 0.1) is 0 Å². The number of thioether (sulfide) groups is 1. The highest BCUT2D eigenvalue weighted by molar-refractivity contribution is 9.10. The molecule has 3 nitrogen and oxygen atoms in total. The van der Waals surface area contributed by atoms with Gasteiger partial charge in [-0.2, -0.15) is 11.8 Å². The fraction of sp³-hybridized carbons (Fsp3) is 0.500. The maximum atomic E-state index is 5.96. The molecule has 0 amide bonds. The number of aromatic nitrogens is 3. The van der Waals surface area contributed by atoms with Gasteiger partial charge in [-0.3, -0.25) is 0 Å². The highest BCUT2D eigenvalue weighted by atomic mass is 79.9. The first-order valence-corrected chi connectivity index (χ1v) is 8.54. The van der Waals surface area contributed by atoms with Crippen molar-refractivity contribution in [3.8, 4) is 0 Å². The molecule has 2 aromatic rings. The Morgan fingerprint density at radius 1 is 1.44 bits per heavy atom. The highest BCUT2D eigenvalue weighted by Crippen LogP contribution is 2.20. The van der Waals surface area contributed by atoms with Crippen molar-refractivity contribution in [2.24, 2.45) is 0 Å². The lowest BCUT2D eigenvalue weighted by atomic mass is 10.3. The van der Waals surface area contributed by atoms with E-state index in [0.717, 1.165) is 34.4 Å². The Labute approximate surface area is 124 Å². The fourth-order valence-electron chi connectivity index (χ4n) is 1.89. The minimum Gasteiger partial charge on any atom is -0.312 e. The molecule has 2 rings (SSSR count). The SMILES string of the molecule is CSCCCCn1c(CCl)nc2cc(Br)cnc21. The second-order valence-electron chi connectivity index (χ2n) is 4.01. The molecule has 0 bridgehead atoms. The number of nitrogens with zero attached hydrogens (tertiary/aromatic N) is 3. The number of unbranched alkanes of at least 4 members (excludes halogenated alkanes) is 1. The largest absolute Gasteiger partial charge is 0.312 e. The van der Waals surface area contributed by atoms with Gasteiger partial charge >= 0.3 is 0 Å². The van der Waals surface area contributed by atoms with Crippen molar-refractivity contribution in [2.45, 2.75) is 25.3 Å². The molecule has 0 fully saturated rings. The van der Waals surface area contributed by atoms with E-state index in [1.807, 2.05) is 17.8 Å². The number of imidazole rings is 1. The molecule has 0 aliphatic heterocycles. The molecule has 2 heterocycles. The first-order chi connectivity index (χ1) is 8.76. The summed E-state index contributed by atoms with van der Waals surface area (Å²) in [6, 6.07) is 1.98. The normalized spacial score (nSPS) is 11.3. The number of pyridine rings is 1. The van der Waals surface area contributed by atoms with E-state index >= 15 is 0 Å². The van der Waals surface area contributed by atoms with E-state index in [0.29, 0.717) is 5.88 Å². The van der Waals surface area contributed by atoms with Gasteiger partial charge in [0.05, 0.1) is 5.88 Å². The third kappa shape index (κ3) is 3.19. The third-order valence-electron chi connectivity index (χ3n) is 2.73. The Balaban J connectivity index is 2.23. The quantitative estimate of drug-likeness (QED) is 0.582. The molecule has 18 heavy (non-hydrogen) atoms. The second-order valence-corrected chi connectivity index (χ2v) is 6.18. The zero-order chi connectivity index (χ0) is 13.0. The number of aryl methyl sites for hydroxylation is 1. The van der Waals surface area contributed by atoms with Crippen molar-refractivity contribution in [3.63, 3.8) is 0 Å². The lowest BCUT2D eigenvalue weighted by Gasteiger charge is -2.06. The van der Waals surface area contributed by atoms with Gasteiger partial charge in [-0.05, 0) is 46.8 Å². The molecule has 0 saturated heterocycles. The van der Waals surface area contributed by atoms with E-state index in [-0.39, 0.29) is 0 Å². The lowest BCUT2D eigenvalue weighted by Crippen LogP contribution is -2.03. The fourth-order valence-corrected chi connectivity index (χ4v) is 2.90. The van der Waals surface area contributed by atoms with Crippen LogP contribution in [-0.4, -0.2) is 26.5 Å². The van der Waals surface area contributed by atoms with Crippen molar-refractivity contribution >= 4 is 50.5 Å². The van der Waals surface area contributed by atoms with Gasteiger partial charge in [0.15, 0.2) is 5.65 Å². The van der Waals surface area contributed by atoms with Crippen LogP contribution in [0.1, 0.15) is 18.7 Å². The zero-order valence-electron chi connectivity index (χ0n) is 10.2. The van der Waals surface area contributed by atoms with Crippen LogP contribution in [-0.2, 0) is 12.4 Å². The number of fused-ring (bicyclic) bond motifs is 1. The molecule has 0 radical (unpaired) electrons. The van der Waals surface area contributed by atoms with Crippen molar-refractivity contribution < 1.29 is 0 Å². The summed E-state index contributed by atoms with van der Waals surface area (Å²) in [6.45, 7) is 0.938. The van der Waals surface area contributed by atoms with E-state index in [9.17, 15) is 0 Å². The third-order valence-corrected chi connectivity index (χ3v) is 4.10. The van der Waals surface area contributed by atoms with Crippen LogP contribution in [0.2, 0.25) is 0 Å². The number of rotatable bonds is 6. The van der Waals surface area contributed by atoms with Crippen molar-refractivity contribution in [2.75, 3.05) is 12.0 Å². The molecular weight excluding hydrogens is 334 g/mol. The molecule has 98 valence electrons. The number of hydrogen-bond acceptors (Lipinski definition) is 3. The highest BCUT2D eigenvalue weighted by Gasteiger charge is 2.10. The number of hydrogen-bond donors (Lipinski definition) is 0. The Hall–Kier alpha value is -0.260. The second kappa shape index (κ2) is 6.78. The van der Waals surface area contributed by atoms with Crippen LogP contribution >= 0.6 is 39.3 Å². The molecule has 6 heteroatoms. The number of halogens is 2. The Bertz CT molecular complexity index is 529. The van der Waals surface area contributed by atoms with Gasteiger partial charge in [-0.1, -0.05) is 0 Å². The van der Waals surface area contributed by atoms with Crippen molar-refractivity contribution in [3.05, 3.63) is 22.6 Å². The average Bonchev–Trinajstić information content (AvgIpc) is 2.71. The van der Waals surface area contributed by atoms with Crippen molar-refractivity contribution in [1.29, 1.82) is 0 Å². The van der Waals surface area contributed by atoms with Crippen LogP contribution in [0.5, 0.6) is 0 Å². The maximum absolute atomic E-state index is 5.96. The Morgan fingerprint density at radius 3 is 3.00 bits per heavy atom. The first kappa shape index (κ1) is 14.2. The summed E-state index contributed by atoms with van der Waals surface area (Å²) in [4.78, 5) is 8.96. The standard InChI is InChI=1S/C12H15BrClN3S/c1-18-5-3-2-4-17-11(7-14)16-10-6-9(13)8-15-12(10)17/h6,8H,2-5,7H2,1H3. The molecule has 0 unspecified atom stereocenters. The molecule has 0 aliphatic carbocycles. The van der Waals surface area contributed by atoms with E-state index in [1.54, 1.807) is 6.20 Å². The van der Waals surface area contributed by atoms with Gasteiger partial charge < -0.3 is 4.57 Å². The number of alkyl halides is 1. The molecule has 2 aromatic heterocycles. The van der Waals surface area contributed by atoms with E-state index in [4.69, 9.17) is 11.6 Å². The van der Waals surface area contributed by atoms with E-state index in [1.165, 1.54) is 12.2 Å².